The fourth-order valence-corrected chi connectivity index (χ4v) is 4.04. The molecule has 2 heteroatoms. The molecule has 0 saturated heterocycles. The van der Waals surface area contributed by atoms with Crippen LogP contribution in [-0.4, -0.2) is 0 Å². The van der Waals surface area contributed by atoms with Crippen LogP contribution in [0.15, 0.2) is 29.6 Å². The monoisotopic (exact) mass is 245 g/mol. The number of thiophene rings is 1. The van der Waals surface area contributed by atoms with Gasteiger partial charge in [0.25, 0.3) is 0 Å². The number of hydrogen-bond acceptors (Lipinski definition) is 2. The lowest BCUT2D eigenvalue weighted by molar-refractivity contribution is 0.452. The number of rotatable bonds is 3. The molecule has 90 valence electrons. The van der Waals surface area contributed by atoms with E-state index in [1.54, 1.807) is 0 Å². The van der Waals surface area contributed by atoms with Crippen LogP contribution in [0.3, 0.4) is 0 Å². The first-order valence-electron chi connectivity index (χ1n) is 6.56. The molecule has 2 aromatic rings. The van der Waals surface area contributed by atoms with Gasteiger partial charge in [0, 0.05) is 10.7 Å². The molecule has 1 unspecified atom stereocenters. The van der Waals surface area contributed by atoms with E-state index in [9.17, 15) is 0 Å². The predicted octanol–water partition coefficient (Wildman–Crippen LogP) is 4.48. The van der Waals surface area contributed by atoms with Gasteiger partial charge in [0.05, 0.1) is 0 Å². The molecular formula is C15H19NS. The van der Waals surface area contributed by atoms with Gasteiger partial charge < -0.3 is 5.73 Å². The lowest BCUT2D eigenvalue weighted by atomic mass is 9.94. The van der Waals surface area contributed by atoms with Gasteiger partial charge in [0.2, 0.25) is 0 Å². The molecule has 1 aliphatic rings. The van der Waals surface area contributed by atoms with Gasteiger partial charge in [-0.2, -0.15) is 0 Å². The Bertz CT molecular complexity index is 496. The third-order valence-electron chi connectivity index (χ3n) is 3.97. The largest absolute Gasteiger partial charge is 0.324 e. The van der Waals surface area contributed by atoms with Gasteiger partial charge in [-0.25, -0.2) is 0 Å². The normalized spacial score (nSPS) is 18.9. The minimum absolute atomic E-state index is 0.231. The zero-order valence-electron chi connectivity index (χ0n) is 10.1. The summed E-state index contributed by atoms with van der Waals surface area (Å²) in [7, 11) is 0. The Balaban J connectivity index is 1.82. The Morgan fingerprint density at radius 2 is 2.00 bits per heavy atom. The van der Waals surface area contributed by atoms with Crippen LogP contribution in [0.5, 0.6) is 0 Å². The second kappa shape index (κ2) is 4.79. The number of fused-ring (bicyclic) bond motifs is 1. The summed E-state index contributed by atoms with van der Waals surface area (Å²) in [6, 6.07) is 8.84. The zero-order chi connectivity index (χ0) is 11.7. The molecule has 1 aromatic carbocycles. The minimum Gasteiger partial charge on any atom is -0.324 e. The van der Waals surface area contributed by atoms with Crippen LogP contribution in [-0.2, 0) is 0 Å². The highest BCUT2D eigenvalue weighted by Crippen LogP contribution is 2.36. The van der Waals surface area contributed by atoms with Crippen LogP contribution in [0.25, 0.3) is 10.1 Å². The molecule has 1 aliphatic carbocycles. The van der Waals surface area contributed by atoms with E-state index < -0.39 is 0 Å². The van der Waals surface area contributed by atoms with Crippen molar-refractivity contribution in [3.05, 3.63) is 35.2 Å². The molecule has 0 bridgehead atoms. The van der Waals surface area contributed by atoms with Crippen LogP contribution in [0, 0.1) is 5.92 Å². The average molecular weight is 245 g/mol. The summed E-state index contributed by atoms with van der Waals surface area (Å²) in [4.78, 5) is 0. The Morgan fingerprint density at radius 1 is 1.24 bits per heavy atom. The van der Waals surface area contributed by atoms with Crippen molar-refractivity contribution in [2.75, 3.05) is 0 Å². The maximum absolute atomic E-state index is 6.39. The highest BCUT2D eigenvalue weighted by molar-refractivity contribution is 7.17. The van der Waals surface area contributed by atoms with Gasteiger partial charge in [-0.15, -0.1) is 11.3 Å². The van der Waals surface area contributed by atoms with Crippen molar-refractivity contribution in [3.8, 4) is 0 Å². The molecule has 1 nitrogen and oxygen atoms in total. The van der Waals surface area contributed by atoms with E-state index in [1.807, 2.05) is 11.3 Å². The van der Waals surface area contributed by atoms with Crippen molar-refractivity contribution in [2.24, 2.45) is 11.7 Å². The lowest BCUT2D eigenvalue weighted by Crippen LogP contribution is -2.13. The second-order valence-electron chi connectivity index (χ2n) is 5.18. The van der Waals surface area contributed by atoms with E-state index in [0.717, 1.165) is 5.92 Å². The maximum atomic E-state index is 6.39. The summed E-state index contributed by atoms with van der Waals surface area (Å²) in [6.07, 6.45) is 6.75. The van der Waals surface area contributed by atoms with Crippen LogP contribution in [0.1, 0.15) is 43.7 Å². The van der Waals surface area contributed by atoms with E-state index in [4.69, 9.17) is 5.73 Å². The SMILES string of the molecule is NC(CC1CCCC1)c1csc2ccccc12. The molecule has 1 saturated carbocycles. The Morgan fingerprint density at radius 3 is 2.82 bits per heavy atom. The fraction of sp³-hybridized carbons (Fsp3) is 0.467. The predicted molar refractivity (Wildman–Crippen MR) is 75.3 cm³/mol. The van der Waals surface area contributed by atoms with Gasteiger partial charge in [-0.05, 0) is 34.7 Å². The number of nitrogens with two attached hydrogens (primary N) is 1. The highest BCUT2D eigenvalue weighted by atomic mass is 32.1. The molecular weight excluding hydrogens is 226 g/mol. The van der Waals surface area contributed by atoms with Gasteiger partial charge in [0.15, 0.2) is 0 Å². The molecule has 1 atom stereocenters. The Kier molecular flexibility index (Phi) is 3.17. The molecule has 0 spiro atoms. The third kappa shape index (κ3) is 2.24. The minimum atomic E-state index is 0.231. The van der Waals surface area contributed by atoms with Gasteiger partial charge >= 0.3 is 0 Å². The fourth-order valence-electron chi connectivity index (χ4n) is 3.02. The van der Waals surface area contributed by atoms with Gasteiger partial charge in [-0.3, -0.25) is 0 Å². The Labute approximate surface area is 107 Å². The molecule has 0 radical (unpaired) electrons. The van der Waals surface area contributed by atoms with Crippen molar-refractivity contribution in [1.29, 1.82) is 0 Å². The van der Waals surface area contributed by atoms with E-state index in [1.165, 1.54) is 47.8 Å². The lowest BCUT2D eigenvalue weighted by Gasteiger charge is -2.15. The second-order valence-corrected chi connectivity index (χ2v) is 6.09. The summed E-state index contributed by atoms with van der Waals surface area (Å²) in [5.41, 5.74) is 7.75. The van der Waals surface area contributed by atoms with Crippen LogP contribution >= 0.6 is 11.3 Å². The number of hydrogen-bond donors (Lipinski definition) is 1. The van der Waals surface area contributed by atoms with Crippen LogP contribution in [0.4, 0.5) is 0 Å². The molecule has 1 fully saturated rings. The van der Waals surface area contributed by atoms with Crippen LogP contribution < -0.4 is 5.73 Å². The molecule has 17 heavy (non-hydrogen) atoms. The van der Waals surface area contributed by atoms with Crippen LogP contribution in [0.2, 0.25) is 0 Å². The van der Waals surface area contributed by atoms with Crippen molar-refractivity contribution in [2.45, 2.75) is 38.1 Å². The molecule has 2 N–H and O–H groups in total. The first kappa shape index (κ1) is 11.2. The smallest absolute Gasteiger partial charge is 0.0346 e. The highest BCUT2D eigenvalue weighted by Gasteiger charge is 2.20. The van der Waals surface area contributed by atoms with Crippen molar-refractivity contribution in [1.82, 2.24) is 0 Å². The molecule has 0 amide bonds. The summed E-state index contributed by atoms with van der Waals surface area (Å²) < 4.78 is 1.37. The summed E-state index contributed by atoms with van der Waals surface area (Å²) >= 11 is 1.82. The molecule has 3 rings (SSSR count). The van der Waals surface area contributed by atoms with Gasteiger partial charge in [-0.1, -0.05) is 43.9 Å². The van der Waals surface area contributed by atoms with E-state index in [0.29, 0.717) is 0 Å². The summed E-state index contributed by atoms with van der Waals surface area (Å²) in [5.74, 6) is 0.865. The van der Waals surface area contributed by atoms with Crippen molar-refractivity contribution < 1.29 is 0 Å². The average Bonchev–Trinajstić information content (AvgIpc) is 2.96. The topological polar surface area (TPSA) is 26.0 Å². The zero-order valence-corrected chi connectivity index (χ0v) is 10.9. The molecule has 0 aliphatic heterocycles. The summed E-state index contributed by atoms with van der Waals surface area (Å²) in [6.45, 7) is 0. The van der Waals surface area contributed by atoms with Crippen molar-refractivity contribution >= 4 is 21.4 Å². The number of benzene rings is 1. The first-order chi connectivity index (χ1) is 8.34. The quantitative estimate of drug-likeness (QED) is 0.847. The Hall–Kier alpha value is -0.860. The molecule has 1 heterocycles. The molecule has 1 aromatic heterocycles. The van der Waals surface area contributed by atoms with Crippen molar-refractivity contribution in [3.63, 3.8) is 0 Å². The van der Waals surface area contributed by atoms with E-state index in [-0.39, 0.29) is 6.04 Å². The maximum Gasteiger partial charge on any atom is 0.0346 e. The third-order valence-corrected chi connectivity index (χ3v) is 4.95. The van der Waals surface area contributed by atoms with Gasteiger partial charge in [0.1, 0.15) is 0 Å². The van der Waals surface area contributed by atoms with E-state index in [2.05, 4.69) is 29.6 Å². The summed E-state index contributed by atoms with van der Waals surface area (Å²) in [5, 5.41) is 3.62. The first-order valence-corrected chi connectivity index (χ1v) is 7.44. The van der Waals surface area contributed by atoms with E-state index >= 15 is 0 Å². The standard InChI is InChI=1S/C15H19NS/c16-14(9-11-5-1-2-6-11)13-10-17-15-8-4-3-7-12(13)15/h3-4,7-8,10-11,14H,1-2,5-6,9,16H2.